The van der Waals surface area contributed by atoms with E-state index in [0.717, 1.165) is 122 Å². The number of likely N-dealkylation sites (tertiary alicyclic amines) is 1. The van der Waals surface area contributed by atoms with Crippen molar-refractivity contribution in [1.29, 1.82) is 0 Å². The van der Waals surface area contributed by atoms with Crippen LogP contribution in [-0.4, -0.2) is 143 Å². The molecule has 8 heterocycles. The Balaban J connectivity index is 0.687. The van der Waals surface area contributed by atoms with Gasteiger partial charge in [0.1, 0.15) is 34.6 Å². The van der Waals surface area contributed by atoms with Crippen molar-refractivity contribution in [2.45, 2.75) is 89.3 Å². The number of fused-ring (bicyclic) bond motifs is 3. The minimum absolute atomic E-state index is 0.0199. The number of nitrogens with one attached hydrogen (secondary N) is 1. The van der Waals surface area contributed by atoms with Crippen LogP contribution in [0.1, 0.15) is 86.2 Å². The van der Waals surface area contributed by atoms with Gasteiger partial charge in [0.25, 0.3) is 5.91 Å². The van der Waals surface area contributed by atoms with Gasteiger partial charge in [-0.05, 0) is 129 Å². The number of rotatable bonds is 12. The normalized spacial score (nSPS) is 24.0. The molecule has 12 rings (SSSR count). The molecular weight excluding hydrogens is 909 g/mol. The summed E-state index contributed by atoms with van der Waals surface area (Å²) in [4.78, 5) is 63.2. The topological polar surface area (TPSA) is 157 Å². The Morgan fingerprint density at radius 3 is 2.45 bits per heavy atom. The molecule has 1 aliphatic carbocycles. The second kappa shape index (κ2) is 18.2. The van der Waals surface area contributed by atoms with E-state index in [4.69, 9.17) is 19.4 Å². The predicted octanol–water partition coefficient (Wildman–Crippen LogP) is 6.60. The molecule has 7 aliphatic rings. The number of ether oxygens (including phenoxy) is 2. The number of carbonyl (C=O) groups is 3. The molecule has 2 aromatic heterocycles. The Hall–Kier alpha value is -6.04. The number of carbonyl (C=O) groups excluding carboxylic acids is 3. The maximum atomic E-state index is 17.2. The number of aromatic nitrogens is 3. The van der Waals surface area contributed by atoms with Gasteiger partial charge in [-0.15, -0.1) is 0 Å². The lowest BCUT2D eigenvalue weighted by Crippen LogP contribution is -2.56. The van der Waals surface area contributed by atoms with E-state index in [9.17, 15) is 19.5 Å². The minimum Gasteiger partial charge on any atom is -0.508 e. The van der Waals surface area contributed by atoms with Crippen LogP contribution in [0.15, 0.2) is 48.7 Å². The summed E-state index contributed by atoms with van der Waals surface area (Å²) in [7, 11) is 0. The Labute approximate surface area is 411 Å². The van der Waals surface area contributed by atoms with Gasteiger partial charge >= 0.3 is 6.01 Å². The van der Waals surface area contributed by atoms with Crippen LogP contribution in [0.5, 0.6) is 11.8 Å². The number of anilines is 2. The Kier molecular flexibility index (Phi) is 11.8. The van der Waals surface area contributed by atoms with E-state index in [0.29, 0.717) is 77.1 Å². The summed E-state index contributed by atoms with van der Waals surface area (Å²) in [5.74, 6) is -0.777. The molecule has 71 heavy (non-hydrogen) atoms. The number of piperazine rings is 1. The van der Waals surface area contributed by atoms with Crippen LogP contribution < -0.4 is 19.9 Å². The van der Waals surface area contributed by atoms with Crippen molar-refractivity contribution < 1.29 is 37.7 Å². The number of hydrogen-bond donors (Lipinski definition) is 2. The van der Waals surface area contributed by atoms with Gasteiger partial charge in [-0.1, -0.05) is 13.0 Å². The number of aromatic hydroxyl groups is 1. The summed E-state index contributed by atoms with van der Waals surface area (Å²) in [6, 6.07) is 11.5. The van der Waals surface area contributed by atoms with Gasteiger partial charge in [-0.2, -0.15) is 9.97 Å². The van der Waals surface area contributed by atoms with Gasteiger partial charge in [0.2, 0.25) is 11.8 Å². The zero-order chi connectivity index (χ0) is 48.6. The first kappa shape index (κ1) is 46.1. The highest BCUT2D eigenvalue weighted by molar-refractivity contribution is 6.06. The van der Waals surface area contributed by atoms with Crippen molar-refractivity contribution >= 4 is 50.9 Å². The molecule has 0 bridgehead atoms. The van der Waals surface area contributed by atoms with Crippen LogP contribution in [0.25, 0.3) is 32.9 Å². The smallest absolute Gasteiger partial charge is 0.319 e. The quantitative estimate of drug-likeness (QED) is 0.129. The van der Waals surface area contributed by atoms with Crippen molar-refractivity contribution in [3.63, 3.8) is 0 Å². The van der Waals surface area contributed by atoms with E-state index >= 15 is 8.78 Å². The van der Waals surface area contributed by atoms with Crippen molar-refractivity contribution in [3.05, 3.63) is 77.0 Å². The van der Waals surface area contributed by atoms with Crippen LogP contribution in [0.4, 0.5) is 20.3 Å². The average Bonchev–Trinajstić information content (AvgIpc) is 4.06. The van der Waals surface area contributed by atoms with Crippen LogP contribution in [-0.2, 0) is 27.3 Å². The average molecular weight is 970 g/mol. The molecule has 1 spiro atoms. The lowest BCUT2D eigenvalue weighted by molar-refractivity contribution is -0.151. The van der Waals surface area contributed by atoms with Crippen LogP contribution in [0.3, 0.4) is 0 Å². The van der Waals surface area contributed by atoms with Gasteiger partial charge in [0.15, 0.2) is 5.82 Å². The number of pyridine rings is 1. The number of piperidine rings is 3. The number of halogens is 2. The number of nitrogens with zero attached hydrogens (tertiary/aromatic N) is 8. The monoisotopic (exact) mass is 969 g/mol. The SMILES string of the molecule is CCc1c(F)ccc2cc(O)cc(-c3ncc4c(N5CCC[C@@]6(CCO6)C5)nc(OCC5(CN6CCC(CN7CCN(c8ccc9c(c8)CN([C@H]8CCC(=O)NC8=O)C9=O)CC7)CC6)CC5)nc4c3F)c12. The number of phenols is 1. The Morgan fingerprint density at radius 2 is 1.70 bits per heavy atom. The lowest BCUT2D eigenvalue weighted by Gasteiger charge is -2.48. The molecule has 17 heteroatoms. The van der Waals surface area contributed by atoms with Crippen LogP contribution in [0.2, 0.25) is 0 Å². The molecule has 2 atom stereocenters. The minimum atomic E-state index is -0.675. The zero-order valence-corrected chi connectivity index (χ0v) is 40.4. The molecule has 372 valence electrons. The summed E-state index contributed by atoms with van der Waals surface area (Å²) in [5, 5.41) is 14.7. The Bertz CT molecular complexity index is 2950. The van der Waals surface area contributed by atoms with Crippen LogP contribution >= 0.6 is 0 Å². The van der Waals surface area contributed by atoms with Crippen LogP contribution in [0, 0.1) is 23.0 Å². The molecule has 6 fully saturated rings. The van der Waals surface area contributed by atoms with Crippen molar-refractivity contribution in [3.8, 4) is 23.0 Å². The van der Waals surface area contributed by atoms with Gasteiger partial charge in [-0.3, -0.25) is 29.6 Å². The van der Waals surface area contributed by atoms with Crippen molar-refractivity contribution in [2.24, 2.45) is 11.3 Å². The molecule has 6 aliphatic heterocycles. The fraction of sp³-hybridized carbons (Fsp3) is 0.519. The molecule has 0 radical (unpaired) electrons. The summed E-state index contributed by atoms with van der Waals surface area (Å²) in [5.41, 5.74) is 3.17. The molecule has 15 nitrogen and oxygen atoms in total. The number of phenolic OH excluding ortho intramolecular Hbond substituents is 1. The van der Waals surface area contributed by atoms with Crippen molar-refractivity contribution in [2.75, 3.05) is 88.5 Å². The fourth-order valence-electron chi connectivity index (χ4n) is 12.4. The highest BCUT2D eigenvalue weighted by Gasteiger charge is 2.46. The molecule has 3 aromatic carbocycles. The molecule has 5 saturated heterocycles. The van der Waals surface area contributed by atoms with E-state index in [1.54, 1.807) is 23.2 Å². The maximum Gasteiger partial charge on any atom is 0.319 e. The highest BCUT2D eigenvalue weighted by Crippen LogP contribution is 2.48. The third-order valence-corrected chi connectivity index (χ3v) is 16.7. The second-order valence-corrected chi connectivity index (χ2v) is 21.3. The van der Waals surface area contributed by atoms with E-state index in [-0.39, 0.29) is 52.2 Å². The zero-order valence-electron chi connectivity index (χ0n) is 40.4. The lowest BCUT2D eigenvalue weighted by atomic mass is 9.86. The van der Waals surface area contributed by atoms with Gasteiger partial charge < -0.3 is 34.2 Å². The van der Waals surface area contributed by atoms with Gasteiger partial charge in [0.05, 0.1) is 24.2 Å². The molecule has 0 unspecified atom stereocenters. The maximum absolute atomic E-state index is 17.2. The van der Waals surface area contributed by atoms with E-state index < -0.39 is 23.6 Å². The molecule has 1 saturated carbocycles. The first-order valence-electron chi connectivity index (χ1n) is 25.7. The molecule has 2 N–H and O–H groups in total. The van der Waals surface area contributed by atoms with Crippen molar-refractivity contribution in [1.82, 2.24) is 35.0 Å². The summed E-state index contributed by atoms with van der Waals surface area (Å²) >= 11 is 0. The number of amides is 3. The standard InChI is InChI=1S/C54H61F2N9O6/c1-2-38-42(55)7-4-34-25-37(66)26-40(45(34)38)47-46(56)48-41(27-57-47)49(64-16-3-12-54(31-64)15-23-71-54)60-52(59-48)70-32-53(13-14-53)30-62-17-10-33(11-18-62)28-61-19-21-63(22-20-61)36-5-6-39-35(24-36)29-65(51(39)69)43-8-9-44(67)58-50(43)68/h4-7,24-27,33,43,66H,2-3,8-23,28-32H2,1H3,(H,58,67,68)/t43-,54+/m0/s1. The van der Waals surface area contributed by atoms with E-state index in [2.05, 4.69) is 36.0 Å². The highest BCUT2D eigenvalue weighted by atomic mass is 19.1. The Morgan fingerprint density at radius 1 is 0.887 bits per heavy atom. The number of aryl methyl sites for hydroxylation is 1. The summed E-state index contributed by atoms with van der Waals surface area (Å²) in [6.07, 6.45) is 9.74. The first-order chi connectivity index (χ1) is 34.4. The largest absolute Gasteiger partial charge is 0.508 e. The van der Waals surface area contributed by atoms with E-state index in [1.165, 1.54) is 12.1 Å². The fourth-order valence-corrected chi connectivity index (χ4v) is 12.4. The molecule has 3 amide bonds. The summed E-state index contributed by atoms with van der Waals surface area (Å²) < 4.78 is 45.1. The third kappa shape index (κ3) is 8.70. The molecular formula is C54H61F2N9O6. The number of hydrogen-bond acceptors (Lipinski definition) is 13. The van der Waals surface area contributed by atoms with Gasteiger partial charge in [-0.25, -0.2) is 8.78 Å². The number of imide groups is 1. The molecule has 5 aromatic rings. The first-order valence-corrected chi connectivity index (χ1v) is 25.7. The van der Waals surface area contributed by atoms with E-state index in [1.807, 2.05) is 19.1 Å². The summed E-state index contributed by atoms with van der Waals surface area (Å²) in [6.45, 7) is 12.5. The predicted molar refractivity (Wildman–Crippen MR) is 263 cm³/mol. The third-order valence-electron chi connectivity index (χ3n) is 16.7. The second-order valence-electron chi connectivity index (χ2n) is 21.3. The van der Waals surface area contributed by atoms with Gasteiger partial charge in [0, 0.05) is 100 Å². The number of benzene rings is 3.